The van der Waals surface area contributed by atoms with Gasteiger partial charge in [0.15, 0.2) is 0 Å². The standard InChI is InChI=1S/C13H20F3NO4/c1-12(2,3)21-11(19)9-5-4-6-17(9)10(18)7-20-8-13(14,15)16/h9H,4-8H2,1-3H3/t9-/m0/s1. The number of alkyl halides is 3. The maximum absolute atomic E-state index is 12.0. The molecule has 0 saturated carbocycles. The first kappa shape index (κ1) is 17.7. The highest BCUT2D eigenvalue weighted by molar-refractivity contribution is 5.86. The number of halogens is 3. The van der Waals surface area contributed by atoms with E-state index in [1.165, 1.54) is 4.90 Å². The van der Waals surface area contributed by atoms with E-state index >= 15 is 0 Å². The summed E-state index contributed by atoms with van der Waals surface area (Å²) in [5.41, 5.74) is -0.679. The number of likely N-dealkylation sites (tertiary alicyclic amines) is 1. The number of carbonyl (C=O) groups excluding carboxylic acids is 2. The van der Waals surface area contributed by atoms with Gasteiger partial charge in [-0.2, -0.15) is 13.2 Å². The molecule has 1 aliphatic rings. The lowest BCUT2D eigenvalue weighted by Gasteiger charge is -2.27. The van der Waals surface area contributed by atoms with E-state index in [4.69, 9.17) is 4.74 Å². The van der Waals surface area contributed by atoms with Crippen molar-refractivity contribution < 1.29 is 32.2 Å². The minimum absolute atomic E-state index is 0.318. The van der Waals surface area contributed by atoms with Gasteiger partial charge in [0.2, 0.25) is 5.91 Å². The van der Waals surface area contributed by atoms with Crippen LogP contribution in [0.2, 0.25) is 0 Å². The number of nitrogens with zero attached hydrogens (tertiary/aromatic N) is 1. The Bertz CT molecular complexity index is 390. The Morgan fingerprint density at radius 3 is 2.38 bits per heavy atom. The average Bonchev–Trinajstić information content (AvgIpc) is 2.73. The molecule has 0 unspecified atom stereocenters. The Morgan fingerprint density at radius 1 is 1.24 bits per heavy atom. The second-order valence-corrected chi connectivity index (χ2v) is 5.89. The molecular weight excluding hydrogens is 291 g/mol. The first-order valence-corrected chi connectivity index (χ1v) is 6.66. The molecule has 0 aromatic rings. The zero-order valence-electron chi connectivity index (χ0n) is 12.3. The number of ether oxygens (including phenoxy) is 2. The molecule has 0 radical (unpaired) electrons. The third kappa shape index (κ3) is 6.33. The van der Waals surface area contributed by atoms with Crippen molar-refractivity contribution in [2.45, 2.75) is 51.4 Å². The van der Waals surface area contributed by atoms with E-state index in [1.54, 1.807) is 20.8 Å². The summed E-state index contributed by atoms with van der Waals surface area (Å²) in [5, 5.41) is 0. The van der Waals surface area contributed by atoms with Crippen LogP contribution in [-0.2, 0) is 19.1 Å². The fourth-order valence-electron chi connectivity index (χ4n) is 2.02. The van der Waals surface area contributed by atoms with Gasteiger partial charge in [0.25, 0.3) is 0 Å². The molecule has 5 nitrogen and oxygen atoms in total. The average molecular weight is 311 g/mol. The predicted molar refractivity (Wildman–Crippen MR) is 67.5 cm³/mol. The molecule has 1 atom stereocenters. The van der Waals surface area contributed by atoms with Crippen molar-refractivity contribution in [1.29, 1.82) is 0 Å². The summed E-state index contributed by atoms with van der Waals surface area (Å²) in [6.45, 7) is 3.26. The molecule has 0 aromatic carbocycles. The predicted octanol–water partition coefficient (Wildman–Crippen LogP) is 1.90. The van der Waals surface area contributed by atoms with E-state index in [0.29, 0.717) is 19.4 Å². The Kier molecular flexibility index (Phi) is 5.61. The second kappa shape index (κ2) is 6.64. The minimum atomic E-state index is -4.48. The molecule has 1 saturated heterocycles. The monoisotopic (exact) mass is 311 g/mol. The fourth-order valence-corrected chi connectivity index (χ4v) is 2.02. The van der Waals surface area contributed by atoms with Gasteiger partial charge < -0.3 is 14.4 Å². The third-order valence-electron chi connectivity index (χ3n) is 2.74. The van der Waals surface area contributed by atoms with Crippen molar-refractivity contribution in [1.82, 2.24) is 4.90 Å². The van der Waals surface area contributed by atoms with Crippen LogP contribution in [0.15, 0.2) is 0 Å². The SMILES string of the molecule is CC(C)(C)OC(=O)[C@@H]1CCCN1C(=O)COCC(F)(F)F. The Morgan fingerprint density at radius 2 is 1.86 bits per heavy atom. The summed E-state index contributed by atoms with van der Waals surface area (Å²) in [7, 11) is 0. The first-order valence-electron chi connectivity index (χ1n) is 6.66. The molecule has 1 amide bonds. The molecule has 1 heterocycles. The topological polar surface area (TPSA) is 55.8 Å². The van der Waals surface area contributed by atoms with Gasteiger partial charge in [0.1, 0.15) is 24.9 Å². The Labute approximate surface area is 121 Å². The van der Waals surface area contributed by atoms with Gasteiger partial charge in [0, 0.05) is 6.54 Å². The lowest BCUT2D eigenvalue weighted by Crippen LogP contribution is -2.45. The smallest absolute Gasteiger partial charge is 0.411 e. The lowest BCUT2D eigenvalue weighted by molar-refractivity contribution is -0.180. The van der Waals surface area contributed by atoms with E-state index in [-0.39, 0.29) is 0 Å². The molecule has 1 aliphatic heterocycles. The highest BCUT2D eigenvalue weighted by Gasteiger charge is 2.37. The van der Waals surface area contributed by atoms with Crippen LogP contribution in [0.25, 0.3) is 0 Å². The molecule has 0 aromatic heterocycles. The number of hydrogen-bond donors (Lipinski definition) is 0. The zero-order chi connectivity index (χ0) is 16.3. The molecule has 0 bridgehead atoms. The number of rotatable bonds is 4. The summed E-state index contributed by atoms with van der Waals surface area (Å²) >= 11 is 0. The van der Waals surface area contributed by atoms with Crippen LogP contribution in [0.3, 0.4) is 0 Å². The maximum Gasteiger partial charge on any atom is 0.411 e. The fraction of sp³-hybridized carbons (Fsp3) is 0.846. The van der Waals surface area contributed by atoms with Crippen molar-refractivity contribution in [2.24, 2.45) is 0 Å². The van der Waals surface area contributed by atoms with E-state index in [9.17, 15) is 22.8 Å². The Hall–Kier alpha value is -1.31. The van der Waals surface area contributed by atoms with Crippen LogP contribution >= 0.6 is 0 Å². The third-order valence-corrected chi connectivity index (χ3v) is 2.74. The second-order valence-electron chi connectivity index (χ2n) is 5.89. The summed E-state index contributed by atoms with van der Waals surface area (Å²) in [6, 6.07) is -0.744. The van der Waals surface area contributed by atoms with E-state index < -0.39 is 42.9 Å². The lowest BCUT2D eigenvalue weighted by atomic mass is 10.1. The van der Waals surface area contributed by atoms with Gasteiger partial charge in [0.05, 0.1) is 0 Å². The Balaban J connectivity index is 2.52. The van der Waals surface area contributed by atoms with Crippen molar-refractivity contribution in [3.05, 3.63) is 0 Å². The van der Waals surface area contributed by atoms with Gasteiger partial charge >= 0.3 is 12.1 Å². The summed E-state index contributed by atoms with van der Waals surface area (Å²) in [5.74, 6) is -1.17. The molecule has 0 N–H and O–H groups in total. The molecule has 21 heavy (non-hydrogen) atoms. The number of esters is 1. The maximum atomic E-state index is 12.0. The van der Waals surface area contributed by atoms with Gasteiger partial charge in [-0.3, -0.25) is 4.79 Å². The highest BCUT2D eigenvalue weighted by Crippen LogP contribution is 2.21. The normalized spacial score (nSPS) is 19.7. The van der Waals surface area contributed by atoms with Crippen LogP contribution in [-0.4, -0.2) is 54.4 Å². The molecule has 122 valence electrons. The number of carbonyl (C=O) groups is 2. The first-order chi connectivity index (χ1) is 9.49. The van der Waals surface area contributed by atoms with Gasteiger partial charge in [-0.05, 0) is 33.6 Å². The summed E-state index contributed by atoms with van der Waals surface area (Å²) < 4.78 is 45.4. The minimum Gasteiger partial charge on any atom is -0.458 e. The van der Waals surface area contributed by atoms with Crippen molar-refractivity contribution >= 4 is 11.9 Å². The highest BCUT2D eigenvalue weighted by atomic mass is 19.4. The van der Waals surface area contributed by atoms with Crippen LogP contribution < -0.4 is 0 Å². The van der Waals surface area contributed by atoms with Crippen LogP contribution in [0.1, 0.15) is 33.6 Å². The molecule has 0 spiro atoms. The molecule has 1 fully saturated rings. The summed E-state index contributed by atoms with van der Waals surface area (Å²) in [6.07, 6.45) is -3.43. The van der Waals surface area contributed by atoms with Crippen molar-refractivity contribution in [2.75, 3.05) is 19.8 Å². The van der Waals surface area contributed by atoms with Crippen LogP contribution in [0.5, 0.6) is 0 Å². The van der Waals surface area contributed by atoms with Gasteiger partial charge in [-0.1, -0.05) is 0 Å². The van der Waals surface area contributed by atoms with Gasteiger partial charge in [-0.15, -0.1) is 0 Å². The largest absolute Gasteiger partial charge is 0.458 e. The molecule has 1 rings (SSSR count). The van der Waals surface area contributed by atoms with Crippen LogP contribution in [0.4, 0.5) is 13.2 Å². The van der Waals surface area contributed by atoms with Crippen LogP contribution in [0, 0.1) is 0 Å². The summed E-state index contributed by atoms with van der Waals surface area (Å²) in [4.78, 5) is 25.0. The molecule has 0 aliphatic carbocycles. The van der Waals surface area contributed by atoms with E-state index in [1.807, 2.05) is 0 Å². The molecule has 8 heteroatoms. The van der Waals surface area contributed by atoms with Crippen molar-refractivity contribution in [3.63, 3.8) is 0 Å². The van der Waals surface area contributed by atoms with Gasteiger partial charge in [-0.25, -0.2) is 4.79 Å². The van der Waals surface area contributed by atoms with E-state index in [0.717, 1.165) is 0 Å². The number of hydrogen-bond acceptors (Lipinski definition) is 4. The molecular formula is C13H20F3NO4. The van der Waals surface area contributed by atoms with Crippen molar-refractivity contribution in [3.8, 4) is 0 Å². The van der Waals surface area contributed by atoms with E-state index in [2.05, 4.69) is 4.74 Å². The zero-order valence-corrected chi connectivity index (χ0v) is 12.3. The quantitative estimate of drug-likeness (QED) is 0.744. The number of amides is 1.